The minimum atomic E-state index is -0.598. The number of amides is 1. The van der Waals surface area contributed by atoms with Gasteiger partial charge in [0.1, 0.15) is 6.04 Å². The Bertz CT molecular complexity index is 402. The van der Waals surface area contributed by atoms with Crippen LogP contribution in [0.5, 0.6) is 0 Å². The molecule has 0 aliphatic carbocycles. The summed E-state index contributed by atoms with van der Waals surface area (Å²) >= 11 is 1.69. The summed E-state index contributed by atoms with van der Waals surface area (Å²) in [6.07, 6.45) is 1.70. The molecule has 1 aromatic heterocycles. The Labute approximate surface area is 136 Å². The van der Waals surface area contributed by atoms with E-state index in [0.29, 0.717) is 6.54 Å². The molecule has 1 atom stereocenters. The average Bonchev–Trinajstić information content (AvgIpc) is 2.70. The summed E-state index contributed by atoms with van der Waals surface area (Å²) in [7, 11) is 1.53. The molecule has 3 N–H and O–H groups in total. The van der Waals surface area contributed by atoms with Crippen molar-refractivity contribution in [1.82, 2.24) is 10.3 Å². The first kappa shape index (κ1) is 21.9. The smallest absolute Gasteiger partial charge is 0.239 e. The minimum Gasteiger partial charge on any atom is -0.383 e. The van der Waals surface area contributed by atoms with Crippen LogP contribution in [0.4, 0.5) is 0 Å². The van der Waals surface area contributed by atoms with Crippen LogP contribution >= 0.6 is 36.2 Å². The average molecular weight is 344 g/mol. The highest BCUT2D eigenvalue weighted by atomic mass is 35.5. The fourth-order valence-corrected chi connectivity index (χ4v) is 2.62. The molecule has 0 aliphatic rings. The highest BCUT2D eigenvalue weighted by Crippen LogP contribution is 2.17. The number of methoxy groups -OCH3 is 1. The third-order valence-corrected chi connectivity index (χ3v) is 3.67. The van der Waals surface area contributed by atoms with E-state index in [4.69, 9.17) is 10.5 Å². The first-order chi connectivity index (χ1) is 8.58. The van der Waals surface area contributed by atoms with Gasteiger partial charge in [-0.15, -0.1) is 36.2 Å². The molecule has 1 unspecified atom stereocenters. The third kappa shape index (κ3) is 6.85. The molecule has 0 aromatic carbocycles. The number of rotatable bonds is 7. The zero-order valence-corrected chi connectivity index (χ0v) is 14.4. The number of hydrogen-bond donors (Lipinski definition) is 2. The Kier molecular flexibility index (Phi) is 12.3. The topological polar surface area (TPSA) is 77.2 Å². The maximum Gasteiger partial charge on any atom is 0.239 e. The quantitative estimate of drug-likeness (QED) is 0.786. The molecule has 8 heteroatoms. The normalized spacial score (nSPS) is 11.2. The van der Waals surface area contributed by atoms with Crippen LogP contribution in [0, 0.1) is 6.92 Å². The summed E-state index contributed by atoms with van der Waals surface area (Å²) < 4.78 is 4.83. The van der Waals surface area contributed by atoms with E-state index < -0.39 is 6.04 Å². The molecule has 0 bridgehead atoms. The molecule has 5 nitrogen and oxygen atoms in total. The van der Waals surface area contributed by atoms with Gasteiger partial charge in [-0.2, -0.15) is 0 Å². The van der Waals surface area contributed by atoms with Gasteiger partial charge >= 0.3 is 0 Å². The minimum absolute atomic E-state index is 0. The summed E-state index contributed by atoms with van der Waals surface area (Å²) in [5.74, 6) is -0.180. The third-order valence-electron chi connectivity index (χ3n) is 2.59. The number of carbonyl (C=O) groups is 1. The molecular weight excluding hydrogens is 321 g/mol. The molecule has 0 fully saturated rings. The Hall–Kier alpha value is -0.400. The summed E-state index contributed by atoms with van der Waals surface area (Å²) in [5.41, 5.74) is 6.76. The van der Waals surface area contributed by atoms with Gasteiger partial charge in [0.15, 0.2) is 0 Å². The number of hydrogen-bond acceptors (Lipinski definition) is 5. The van der Waals surface area contributed by atoms with Crippen LogP contribution in [0.15, 0.2) is 0 Å². The Morgan fingerprint density at radius 1 is 1.50 bits per heavy atom. The highest BCUT2D eigenvalue weighted by molar-refractivity contribution is 7.11. The second-order valence-corrected chi connectivity index (χ2v) is 5.35. The van der Waals surface area contributed by atoms with Gasteiger partial charge in [-0.05, 0) is 13.3 Å². The van der Waals surface area contributed by atoms with E-state index in [1.54, 1.807) is 11.3 Å². The highest BCUT2D eigenvalue weighted by Gasteiger charge is 2.12. The molecule has 0 radical (unpaired) electrons. The molecule has 0 spiro atoms. The second-order valence-electron chi connectivity index (χ2n) is 4.07. The van der Waals surface area contributed by atoms with Gasteiger partial charge < -0.3 is 15.8 Å². The van der Waals surface area contributed by atoms with Crippen LogP contribution in [-0.2, 0) is 22.4 Å². The van der Waals surface area contributed by atoms with Gasteiger partial charge in [-0.3, -0.25) is 4.79 Å². The lowest BCUT2D eigenvalue weighted by molar-refractivity contribution is -0.123. The molecular formula is C12H23Cl2N3O2S. The number of halogens is 2. The lowest BCUT2D eigenvalue weighted by atomic mass is 10.3. The van der Waals surface area contributed by atoms with Crippen LogP contribution in [0.3, 0.4) is 0 Å². The van der Waals surface area contributed by atoms with Gasteiger partial charge in [0, 0.05) is 25.0 Å². The van der Waals surface area contributed by atoms with Crippen molar-refractivity contribution in [3.63, 3.8) is 0 Å². The van der Waals surface area contributed by atoms with E-state index in [0.717, 1.165) is 23.5 Å². The predicted molar refractivity (Wildman–Crippen MR) is 87.3 cm³/mol. The second kappa shape index (κ2) is 11.3. The monoisotopic (exact) mass is 343 g/mol. The molecule has 1 rings (SSSR count). The lowest BCUT2D eigenvalue weighted by Gasteiger charge is -2.10. The van der Waals surface area contributed by atoms with Gasteiger partial charge in [-0.25, -0.2) is 4.98 Å². The summed E-state index contributed by atoms with van der Waals surface area (Å²) in [6.45, 7) is 4.97. The number of aromatic nitrogens is 1. The number of aryl methyl sites for hydroxylation is 2. The number of ether oxygens (including phenoxy) is 1. The van der Waals surface area contributed by atoms with Gasteiger partial charge in [0.2, 0.25) is 5.91 Å². The first-order valence-corrected chi connectivity index (χ1v) is 6.87. The van der Waals surface area contributed by atoms with E-state index in [1.807, 2.05) is 0 Å². The number of nitrogens with one attached hydrogen (secondary N) is 1. The summed E-state index contributed by atoms with van der Waals surface area (Å²) in [5, 5.41) is 3.85. The van der Waals surface area contributed by atoms with E-state index in [1.165, 1.54) is 12.0 Å². The van der Waals surface area contributed by atoms with Gasteiger partial charge in [0.05, 0.1) is 17.3 Å². The molecule has 0 saturated carbocycles. The number of nitrogens with zero attached hydrogens (tertiary/aromatic N) is 1. The molecule has 0 saturated heterocycles. The van der Waals surface area contributed by atoms with E-state index in [-0.39, 0.29) is 37.3 Å². The van der Waals surface area contributed by atoms with Crippen molar-refractivity contribution in [3.8, 4) is 0 Å². The molecule has 1 aromatic rings. The van der Waals surface area contributed by atoms with E-state index in [9.17, 15) is 4.79 Å². The van der Waals surface area contributed by atoms with Gasteiger partial charge in [-0.1, -0.05) is 6.92 Å². The standard InChI is InChI=1S/C12H21N3O2S.2ClH/c1-4-10-8(2)18-11(15-10)5-6-14-12(16)9(13)7-17-3;;/h9H,4-7,13H2,1-3H3,(H,14,16);2*1H. The zero-order valence-electron chi connectivity index (χ0n) is 12.0. The van der Waals surface area contributed by atoms with Crippen molar-refractivity contribution < 1.29 is 9.53 Å². The lowest BCUT2D eigenvalue weighted by Crippen LogP contribution is -2.44. The Balaban J connectivity index is 0. The van der Waals surface area contributed by atoms with Crippen molar-refractivity contribution in [2.24, 2.45) is 5.73 Å². The zero-order chi connectivity index (χ0) is 13.5. The fourth-order valence-electron chi connectivity index (χ4n) is 1.60. The summed E-state index contributed by atoms with van der Waals surface area (Å²) in [4.78, 5) is 17.3. The summed E-state index contributed by atoms with van der Waals surface area (Å²) in [6, 6.07) is -0.598. The van der Waals surface area contributed by atoms with Crippen LogP contribution in [-0.4, -0.2) is 37.2 Å². The predicted octanol–water partition coefficient (Wildman–Crippen LogP) is 1.49. The molecule has 1 heterocycles. The van der Waals surface area contributed by atoms with Crippen molar-refractivity contribution in [3.05, 3.63) is 15.6 Å². The van der Waals surface area contributed by atoms with Crippen molar-refractivity contribution in [2.75, 3.05) is 20.3 Å². The maximum atomic E-state index is 11.5. The SMILES string of the molecule is CCc1nc(CCNC(=O)C(N)COC)sc1C.Cl.Cl. The largest absolute Gasteiger partial charge is 0.383 e. The van der Waals surface area contributed by atoms with Crippen molar-refractivity contribution >= 4 is 42.1 Å². The Morgan fingerprint density at radius 2 is 2.15 bits per heavy atom. The number of carbonyl (C=O) groups excluding carboxylic acids is 1. The number of nitrogens with two attached hydrogens (primary N) is 1. The molecule has 0 aliphatic heterocycles. The van der Waals surface area contributed by atoms with Crippen molar-refractivity contribution in [1.29, 1.82) is 0 Å². The first-order valence-electron chi connectivity index (χ1n) is 6.05. The maximum absolute atomic E-state index is 11.5. The molecule has 1 amide bonds. The Morgan fingerprint density at radius 3 is 2.65 bits per heavy atom. The van der Waals surface area contributed by atoms with Crippen LogP contribution in [0.2, 0.25) is 0 Å². The van der Waals surface area contributed by atoms with Crippen LogP contribution in [0.25, 0.3) is 0 Å². The van der Waals surface area contributed by atoms with Crippen molar-refractivity contribution in [2.45, 2.75) is 32.7 Å². The molecule has 118 valence electrons. The van der Waals surface area contributed by atoms with E-state index in [2.05, 4.69) is 24.1 Å². The van der Waals surface area contributed by atoms with Crippen LogP contribution in [0.1, 0.15) is 22.5 Å². The number of thiazole rings is 1. The van der Waals surface area contributed by atoms with Gasteiger partial charge in [0.25, 0.3) is 0 Å². The van der Waals surface area contributed by atoms with Crippen LogP contribution < -0.4 is 11.1 Å². The fraction of sp³-hybridized carbons (Fsp3) is 0.667. The molecule has 20 heavy (non-hydrogen) atoms. The van der Waals surface area contributed by atoms with E-state index >= 15 is 0 Å².